The number of carbonyl (C=O) groups excluding carboxylic acids is 1. The van der Waals surface area contributed by atoms with Crippen molar-refractivity contribution in [3.8, 4) is 5.75 Å². The van der Waals surface area contributed by atoms with E-state index in [0.717, 1.165) is 25.1 Å². The van der Waals surface area contributed by atoms with Gasteiger partial charge in [0.15, 0.2) is 5.78 Å². The van der Waals surface area contributed by atoms with Gasteiger partial charge in [0.1, 0.15) is 5.75 Å². The van der Waals surface area contributed by atoms with E-state index in [4.69, 9.17) is 4.74 Å². The number of rotatable bonds is 1. The van der Waals surface area contributed by atoms with Crippen molar-refractivity contribution in [1.82, 2.24) is 4.90 Å². The van der Waals surface area contributed by atoms with Gasteiger partial charge in [-0.25, -0.2) is 0 Å². The van der Waals surface area contributed by atoms with E-state index < -0.39 is 0 Å². The van der Waals surface area contributed by atoms with Gasteiger partial charge < -0.3 is 9.64 Å². The molecule has 3 aliphatic rings. The molecule has 0 N–H and O–H groups in total. The third-order valence-corrected chi connectivity index (χ3v) is 5.79. The molecule has 1 saturated heterocycles. The quantitative estimate of drug-likeness (QED) is 0.792. The average molecular weight is 283 g/mol. The van der Waals surface area contributed by atoms with E-state index in [1.54, 1.807) is 13.2 Å². The molecule has 1 aromatic rings. The molecular weight excluding hydrogens is 262 g/mol. The molecule has 3 atom stereocenters. The highest BCUT2D eigenvalue weighted by Crippen LogP contribution is 2.53. The molecule has 4 rings (SSSR count). The lowest BCUT2D eigenvalue weighted by atomic mass is 9.54. The second kappa shape index (κ2) is 4.44. The summed E-state index contributed by atoms with van der Waals surface area (Å²) >= 11 is 0. The summed E-state index contributed by atoms with van der Waals surface area (Å²) in [5.74, 6) is 1.63. The van der Waals surface area contributed by atoms with E-state index >= 15 is 0 Å². The zero-order valence-electron chi connectivity index (χ0n) is 12.6. The SMILES string of the molecule is COc1ccc2c(c1)[C@]13CCN(C)[C@H](C2)[C@@H]1C=CC(=O)C3. The minimum absolute atomic E-state index is 0.00880. The second-order valence-corrected chi connectivity index (χ2v) is 6.71. The van der Waals surface area contributed by atoms with E-state index in [1.165, 1.54) is 11.1 Å². The fourth-order valence-electron chi connectivity index (χ4n) is 4.69. The molecular formula is C18H21NO2. The van der Waals surface area contributed by atoms with E-state index in [1.807, 2.05) is 6.07 Å². The molecule has 1 aromatic carbocycles. The van der Waals surface area contributed by atoms with E-state index in [2.05, 4.69) is 30.2 Å². The number of likely N-dealkylation sites (N-methyl/N-ethyl adjacent to an activating group) is 1. The summed E-state index contributed by atoms with van der Waals surface area (Å²) in [6.07, 6.45) is 6.76. The first-order valence-electron chi connectivity index (χ1n) is 7.73. The first-order chi connectivity index (χ1) is 10.1. The number of hydrogen-bond acceptors (Lipinski definition) is 3. The largest absolute Gasteiger partial charge is 0.497 e. The average Bonchev–Trinajstić information content (AvgIpc) is 2.50. The van der Waals surface area contributed by atoms with Crippen LogP contribution in [0.1, 0.15) is 24.0 Å². The number of fused-ring (bicyclic) bond motifs is 1. The van der Waals surface area contributed by atoms with Crippen molar-refractivity contribution in [1.29, 1.82) is 0 Å². The Hall–Kier alpha value is -1.61. The monoisotopic (exact) mass is 283 g/mol. The summed E-state index contributed by atoms with van der Waals surface area (Å²) < 4.78 is 5.43. The van der Waals surface area contributed by atoms with Gasteiger partial charge in [-0.1, -0.05) is 12.1 Å². The Balaban J connectivity index is 1.93. The van der Waals surface area contributed by atoms with E-state index in [-0.39, 0.29) is 11.2 Å². The number of likely N-dealkylation sites (tertiary alicyclic amines) is 1. The highest BCUT2D eigenvalue weighted by atomic mass is 16.5. The fourth-order valence-corrected chi connectivity index (χ4v) is 4.69. The number of piperidine rings is 1. The van der Waals surface area contributed by atoms with Crippen LogP contribution in [0.25, 0.3) is 0 Å². The Morgan fingerprint density at radius 2 is 2.24 bits per heavy atom. The standard InChI is InChI=1S/C18H21NO2/c1-19-8-7-18-11-13(20)4-6-15(18)17(19)9-12-3-5-14(21-2)10-16(12)18/h3-6,10,15,17H,7-9,11H2,1-2H3/t15-,17+,18-/m0/s1. The molecule has 1 fully saturated rings. The number of ether oxygens (including phenoxy) is 1. The number of methoxy groups -OCH3 is 1. The Bertz CT molecular complexity index is 636. The predicted octanol–water partition coefficient (Wildman–Crippen LogP) is 2.34. The van der Waals surface area contributed by atoms with Crippen LogP contribution in [0.3, 0.4) is 0 Å². The number of nitrogens with zero attached hydrogens (tertiary/aromatic N) is 1. The second-order valence-electron chi connectivity index (χ2n) is 6.71. The van der Waals surface area contributed by atoms with Crippen molar-refractivity contribution in [2.24, 2.45) is 5.92 Å². The summed E-state index contributed by atoms with van der Waals surface area (Å²) in [7, 11) is 3.93. The smallest absolute Gasteiger partial charge is 0.156 e. The maximum Gasteiger partial charge on any atom is 0.156 e. The molecule has 2 bridgehead atoms. The van der Waals surface area contributed by atoms with E-state index in [9.17, 15) is 4.79 Å². The van der Waals surface area contributed by atoms with Crippen LogP contribution in [0.4, 0.5) is 0 Å². The van der Waals surface area contributed by atoms with Gasteiger partial charge >= 0.3 is 0 Å². The first-order valence-corrected chi connectivity index (χ1v) is 7.73. The minimum Gasteiger partial charge on any atom is -0.497 e. The predicted molar refractivity (Wildman–Crippen MR) is 81.7 cm³/mol. The van der Waals surface area contributed by atoms with Crippen LogP contribution in [-0.2, 0) is 16.6 Å². The van der Waals surface area contributed by atoms with Gasteiger partial charge in [0.05, 0.1) is 7.11 Å². The number of benzene rings is 1. The van der Waals surface area contributed by atoms with Crippen LogP contribution in [0, 0.1) is 5.92 Å². The summed E-state index contributed by atoms with van der Waals surface area (Å²) in [6, 6.07) is 6.94. The Morgan fingerprint density at radius 1 is 1.38 bits per heavy atom. The number of hydrogen-bond donors (Lipinski definition) is 0. The summed E-state index contributed by atoms with van der Waals surface area (Å²) in [4.78, 5) is 14.6. The van der Waals surface area contributed by atoms with Crippen molar-refractivity contribution in [3.63, 3.8) is 0 Å². The lowest BCUT2D eigenvalue weighted by Gasteiger charge is -2.56. The molecule has 3 nitrogen and oxygen atoms in total. The zero-order valence-corrected chi connectivity index (χ0v) is 12.6. The highest BCUT2D eigenvalue weighted by molar-refractivity contribution is 5.92. The third-order valence-electron chi connectivity index (χ3n) is 5.79. The molecule has 0 unspecified atom stereocenters. The van der Waals surface area contributed by atoms with Gasteiger partial charge in [0.2, 0.25) is 0 Å². The van der Waals surface area contributed by atoms with Gasteiger partial charge in [-0.15, -0.1) is 0 Å². The fraction of sp³-hybridized carbons (Fsp3) is 0.500. The number of ketones is 1. The Labute approximate surface area is 125 Å². The van der Waals surface area contributed by atoms with Crippen LogP contribution < -0.4 is 4.74 Å². The normalized spacial score (nSPS) is 34.3. The minimum atomic E-state index is -0.00880. The van der Waals surface area contributed by atoms with Gasteiger partial charge in [-0.2, -0.15) is 0 Å². The molecule has 1 heterocycles. The molecule has 0 spiro atoms. The van der Waals surface area contributed by atoms with Gasteiger partial charge in [0.25, 0.3) is 0 Å². The summed E-state index contributed by atoms with van der Waals surface area (Å²) in [5.41, 5.74) is 2.74. The van der Waals surface area contributed by atoms with Gasteiger partial charge in [-0.05, 0) is 55.8 Å². The first kappa shape index (κ1) is 13.1. The zero-order chi connectivity index (χ0) is 14.6. The molecule has 0 amide bonds. The molecule has 110 valence electrons. The number of carbonyl (C=O) groups is 1. The summed E-state index contributed by atoms with van der Waals surface area (Å²) in [6.45, 7) is 1.07. The molecule has 0 radical (unpaired) electrons. The van der Waals surface area contributed by atoms with Crippen molar-refractivity contribution in [3.05, 3.63) is 41.5 Å². The van der Waals surface area contributed by atoms with Crippen molar-refractivity contribution < 1.29 is 9.53 Å². The molecule has 3 heteroatoms. The lowest BCUT2D eigenvalue weighted by Crippen LogP contribution is -2.59. The topological polar surface area (TPSA) is 29.5 Å². The Morgan fingerprint density at radius 3 is 3.05 bits per heavy atom. The number of allylic oxidation sites excluding steroid dienone is 1. The van der Waals surface area contributed by atoms with Gasteiger partial charge in [-0.3, -0.25) is 4.79 Å². The maximum absolute atomic E-state index is 12.1. The van der Waals surface area contributed by atoms with Crippen molar-refractivity contribution in [2.45, 2.75) is 30.7 Å². The third kappa shape index (κ3) is 1.73. The van der Waals surface area contributed by atoms with E-state index in [0.29, 0.717) is 18.4 Å². The van der Waals surface area contributed by atoms with Crippen molar-refractivity contribution in [2.75, 3.05) is 20.7 Å². The summed E-state index contributed by atoms with van der Waals surface area (Å²) in [5, 5.41) is 0. The molecule has 0 saturated carbocycles. The van der Waals surface area contributed by atoms with Crippen LogP contribution in [0.2, 0.25) is 0 Å². The highest BCUT2D eigenvalue weighted by Gasteiger charge is 2.53. The van der Waals surface area contributed by atoms with Crippen molar-refractivity contribution >= 4 is 5.78 Å². The Kier molecular flexibility index (Phi) is 2.77. The molecule has 2 aliphatic carbocycles. The van der Waals surface area contributed by atoms with Crippen LogP contribution in [0.15, 0.2) is 30.4 Å². The molecule has 1 aliphatic heterocycles. The van der Waals surface area contributed by atoms with Crippen LogP contribution in [0.5, 0.6) is 5.75 Å². The van der Waals surface area contributed by atoms with Crippen LogP contribution >= 0.6 is 0 Å². The van der Waals surface area contributed by atoms with Crippen LogP contribution in [-0.4, -0.2) is 37.4 Å². The maximum atomic E-state index is 12.1. The molecule has 21 heavy (non-hydrogen) atoms. The molecule has 0 aromatic heterocycles. The van der Waals surface area contributed by atoms with Gasteiger partial charge in [0, 0.05) is 23.8 Å². The lowest BCUT2D eigenvalue weighted by molar-refractivity contribution is -0.118.